The second kappa shape index (κ2) is 7.27. The number of anilines is 1. The van der Waals surface area contributed by atoms with Crippen LogP contribution < -0.4 is 10.6 Å². The minimum atomic E-state index is -0.0671. The largest absolute Gasteiger partial charge is 0.370 e. The molecule has 0 aromatic carbocycles. The summed E-state index contributed by atoms with van der Waals surface area (Å²) in [5, 5.41) is 6.16. The normalized spacial score (nSPS) is 22.3. The molecule has 1 aliphatic carbocycles. The van der Waals surface area contributed by atoms with Crippen molar-refractivity contribution in [3.05, 3.63) is 23.9 Å². The Bertz CT molecular complexity index is 447. The zero-order chi connectivity index (χ0) is 14.4. The summed E-state index contributed by atoms with van der Waals surface area (Å²) in [6, 6.07) is 5.51. The van der Waals surface area contributed by atoms with Gasteiger partial charge in [-0.05, 0) is 37.3 Å². The van der Waals surface area contributed by atoms with Crippen molar-refractivity contribution in [1.82, 2.24) is 10.3 Å². The highest BCUT2D eigenvalue weighted by molar-refractivity contribution is 5.92. The minimum absolute atomic E-state index is 0.0671. The third kappa shape index (κ3) is 3.95. The van der Waals surface area contributed by atoms with E-state index in [2.05, 4.69) is 22.5 Å². The molecule has 110 valence electrons. The fourth-order valence-electron chi connectivity index (χ4n) is 2.85. The van der Waals surface area contributed by atoms with Crippen molar-refractivity contribution in [1.29, 1.82) is 0 Å². The lowest BCUT2D eigenvalue weighted by Crippen LogP contribution is -2.33. The number of hydrogen-bond acceptors (Lipinski definition) is 3. The Labute approximate surface area is 121 Å². The molecule has 1 aliphatic rings. The SMILES string of the molecule is CCNc1cccc(C(=O)NCC2CCCCC2C)n1. The van der Waals surface area contributed by atoms with E-state index < -0.39 is 0 Å². The van der Waals surface area contributed by atoms with Crippen molar-refractivity contribution < 1.29 is 4.79 Å². The van der Waals surface area contributed by atoms with E-state index in [1.807, 2.05) is 19.1 Å². The quantitative estimate of drug-likeness (QED) is 0.868. The Balaban J connectivity index is 1.89. The summed E-state index contributed by atoms with van der Waals surface area (Å²) in [5.41, 5.74) is 0.493. The molecule has 0 radical (unpaired) electrons. The van der Waals surface area contributed by atoms with E-state index in [1.54, 1.807) is 6.07 Å². The first-order chi connectivity index (χ1) is 9.70. The van der Waals surface area contributed by atoms with Crippen molar-refractivity contribution in [3.63, 3.8) is 0 Å². The zero-order valence-electron chi connectivity index (χ0n) is 12.5. The standard InChI is InChI=1S/C16H25N3O/c1-3-17-15-10-6-9-14(19-15)16(20)18-11-13-8-5-4-7-12(13)2/h6,9-10,12-13H,3-5,7-8,11H2,1-2H3,(H,17,19)(H,18,20). The van der Waals surface area contributed by atoms with Gasteiger partial charge >= 0.3 is 0 Å². The van der Waals surface area contributed by atoms with Crippen LogP contribution in [0.4, 0.5) is 5.82 Å². The first kappa shape index (κ1) is 14.8. The van der Waals surface area contributed by atoms with Crippen molar-refractivity contribution in [2.45, 2.75) is 39.5 Å². The molecule has 1 aromatic rings. The van der Waals surface area contributed by atoms with Gasteiger partial charge in [-0.2, -0.15) is 0 Å². The molecule has 1 saturated carbocycles. The second-order valence-corrected chi connectivity index (χ2v) is 5.67. The number of carbonyl (C=O) groups excluding carboxylic acids is 1. The maximum atomic E-state index is 12.1. The number of nitrogens with one attached hydrogen (secondary N) is 2. The van der Waals surface area contributed by atoms with E-state index in [9.17, 15) is 4.79 Å². The van der Waals surface area contributed by atoms with Crippen LogP contribution in [0.25, 0.3) is 0 Å². The summed E-state index contributed by atoms with van der Waals surface area (Å²) >= 11 is 0. The second-order valence-electron chi connectivity index (χ2n) is 5.67. The van der Waals surface area contributed by atoms with E-state index in [-0.39, 0.29) is 5.91 Å². The van der Waals surface area contributed by atoms with Crippen LogP contribution in [0.5, 0.6) is 0 Å². The molecule has 1 amide bonds. The van der Waals surface area contributed by atoms with Crippen LogP contribution in [0.3, 0.4) is 0 Å². The third-order valence-electron chi connectivity index (χ3n) is 4.15. The molecule has 0 bridgehead atoms. The lowest BCUT2D eigenvalue weighted by molar-refractivity contribution is 0.0931. The summed E-state index contributed by atoms with van der Waals surface area (Å²) in [5.74, 6) is 2.02. The van der Waals surface area contributed by atoms with Gasteiger partial charge in [-0.1, -0.05) is 32.3 Å². The minimum Gasteiger partial charge on any atom is -0.370 e. The molecule has 0 saturated heterocycles. The molecule has 1 fully saturated rings. The number of amides is 1. The van der Waals surface area contributed by atoms with Crippen LogP contribution in [0.2, 0.25) is 0 Å². The summed E-state index contributed by atoms with van der Waals surface area (Å²) < 4.78 is 0. The number of hydrogen-bond donors (Lipinski definition) is 2. The lowest BCUT2D eigenvalue weighted by Gasteiger charge is -2.28. The first-order valence-corrected chi connectivity index (χ1v) is 7.69. The van der Waals surface area contributed by atoms with Crippen LogP contribution in [-0.4, -0.2) is 24.0 Å². The highest BCUT2D eigenvalue weighted by Gasteiger charge is 2.21. The summed E-state index contributed by atoms with van der Waals surface area (Å²) in [6.07, 6.45) is 5.14. The van der Waals surface area contributed by atoms with Crippen LogP contribution >= 0.6 is 0 Å². The fraction of sp³-hybridized carbons (Fsp3) is 0.625. The average Bonchev–Trinajstić information content (AvgIpc) is 2.47. The zero-order valence-corrected chi connectivity index (χ0v) is 12.5. The van der Waals surface area contributed by atoms with Crippen molar-refractivity contribution in [3.8, 4) is 0 Å². The molecular weight excluding hydrogens is 250 g/mol. The van der Waals surface area contributed by atoms with Crippen LogP contribution in [0.15, 0.2) is 18.2 Å². The van der Waals surface area contributed by atoms with Gasteiger partial charge in [0.05, 0.1) is 0 Å². The average molecular weight is 275 g/mol. The monoisotopic (exact) mass is 275 g/mol. The number of rotatable bonds is 5. The van der Waals surface area contributed by atoms with Gasteiger partial charge in [0.15, 0.2) is 0 Å². The van der Waals surface area contributed by atoms with Gasteiger partial charge in [-0.3, -0.25) is 4.79 Å². The Hall–Kier alpha value is -1.58. The Morgan fingerprint density at radius 2 is 2.15 bits per heavy atom. The maximum absolute atomic E-state index is 12.1. The molecule has 0 spiro atoms. The predicted octanol–water partition coefficient (Wildman–Crippen LogP) is 3.07. The van der Waals surface area contributed by atoms with Gasteiger partial charge < -0.3 is 10.6 Å². The molecule has 4 nitrogen and oxygen atoms in total. The molecule has 4 heteroatoms. The van der Waals surface area contributed by atoms with Crippen LogP contribution in [0, 0.1) is 11.8 Å². The van der Waals surface area contributed by atoms with E-state index in [0.29, 0.717) is 17.5 Å². The fourth-order valence-corrected chi connectivity index (χ4v) is 2.85. The van der Waals surface area contributed by atoms with E-state index in [1.165, 1.54) is 25.7 Å². The molecule has 2 unspecified atom stereocenters. The molecule has 2 rings (SSSR count). The van der Waals surface area contributed by atoms with Gasteiger partial charge in [0, 0.05) is 13.1 Å². The molecule has 1 aromatic heterocycles. The molecule has 1 heterocycles. The Kier molecular flexibility index (Phi) is 5.39. The van der Waals surface area contributed by atoms with Gasteiger partial charge in [-0.25, -0.2) is 4.98 Å². The lowest BCUT2D eigenvalue weighted by atomic mass is 9.80. The van der Waals surface area contributed by atoms with Gasteiger partial charge in [0.1, 0.15) is 11.5 Å². The topological polar surface area (TPSA) is 54.0 Å². The van der Waals surface area contributed by atoms with Crippen LogP contribution in [0.1, 0.15) is 50.0 Å². The summed E-state index contributed by atoms with van der Waals surface area (Å²) in [4.78, 5) is 16.5. The smallest absolute Gasteiger partial charge is 0.269 e. The number of carbonyl (C=O) groups is 1. The number of aromatic nitrogens is 1. The maximum Gasteiger partial charge on any atom is 0.269 e. The highest BCUT2D eigenvalue weighted by Crippen LogP contribution is 2.28. The molecule has 0 aliphatic heterocycles. The highest BCUT2D eigenvalue weighted by atomic mass is 16.1. The summed E-state index contributed by atoms with van der Waals surface area (Å²) in [7, 11) is 0. The van der Waals surface area contributed by atoms with E-state index >= 15 is 0 Å². The molecule has 2 N–H and O–H groups in total. The van der Waals surface area contributed by atoms with Gasteiger partial charge in [-0.15, -0.1) is 0 Å². The molecule has 2 atom stereocenters. The van der Waals surface area contributed by atoms with E-state index in [4.69, 9.17) is 0 Å². The number of pyridine rings is 1. The van der Waals surface area contributed by atoms with Crippen LogP contribution in [-0.2, 0) is 0 Å². The number of nitrogens with zero attached hydrogens (tertiary/aromatic N) is 1. The van der Waals surface area contributed by atoms with Crippen molar-refractivity contribution >= 4 is 11.7 Å². The Morgan fingerprint density at radius 3 is 2.90 bits per heavy atom. The van der Waals surface area contributed by atoms with Gasteiger partial charge in [0.25, 0.3) is 5.91 Å². The predicted molar refractivity (Wildman–Crippen MR) is 81.9 cm³/mol. The van der Waals surface area contributed by atoms with Crippen molar-refractivity contribution in [2.24, 2.45) is 11.8 Å². The summed E-state index contributed by atoms with van der Waals surface area (Å²) in [6.45, 7) is 5.88. The third-order valence-corrected chi connectivity index (χ3v) is 4.15. The first-order valence-electron chi connectivity index (χ1n) is 7.69. The van der Waals surface area contributed by atoms with E-state index in [0.717, 1.165) is 18.9 Å². The van der Waals surface area contributed by atoms with Crippen molar-refractivity contribution in [2.75, 3.05) is 18.4 Å². The molecule has 20 heavy (non-hydrogen) atoms. The van der Waals surface area contributed by atoms with Gasteiger partial charge in [0.2, 0.25) is 0 Å². The molecular formula is C16H25N3O. The Morgan fingerprint density at radius 1 is 1.35 bits per heavy atom.